The van der Waals surface area contributed by atoms with Gasteiger partial charge in [0.15, 0.2) is 0 Å². The molecule has 0 aromatic heterocycles. The van der Waals surface area contributed by atoms with E-state index in [4.69, 9.17) is 5.11 Å². The molecule has 0 amide bonds. The van der Waals surface area contributed by atoms with Gasteiger partial charge in [0.05, 0.1) is 5.76 Å². The fraction of sp³-hybridized carbons (Fsp3) is 0.714. The first-order valence-corrected chi connectivity index (χ1v) is 3.03. The average molecular weight is 114 g/mol. The van der Waals surface area contributed by atoms with Gasteiger partial charge in [-0.05, 0) is 5.92 Å². The van der Waals surface area contributed by atoms with Gasteiger partial charge in [0.2, 0.25) is 0 Å². The largest absolute Gasteiger partial charge is 0.513 e. The van der Waals surface area contributed by atoms with E-state index < -0.39 is 0 Å². The molecule has 0 aromatic rings. The van der Waals surface area contributed by atoms with Gasteiger partial charge in [-0.15, -0.1) is 0 Å². The summed E-state index contributed by atoms with van der Waals surface area (Å²) in [7, 11) is 0. The van der Waals surface area contributed by atoms with Gasteiger partial charge in [-0.25, -0.2) is 0 Å². The van der Waals surface area contributed by atoms with Crippen molar-refractivity contribution < 1.29 is 5.11 Å². The second-order valence-corrected chi connectivity index (χ2v) is 2.28. The van der Waals surface area contributed by atoms with Crippen molar-refractivity contribution in [2.75, 3.05) is 0 Å². The van der Waals surface area contributed by atoms with Crippen LogP contribution >= 0.6 is 0 Å². The normalized spacial score (nSPS) is 13.2. The Balaban J connectivity index is 3.24. The van der Waals surface area contributed by atoms with Crippen molar-refractivity contribution in [3.63, 3.8) is 0 Å². The molecule has 0 saturated carbocycles. The summed E-state index contributed by atoms with van der Waals surface area (Å²) in [6, 6.07) is 0. The smallest absolute Gasteiger partial charge is 0.0853 e. The Hall–Kier alpha value is -0.460. The Morgan fingerprint density at radius 3 is 2.38 bits per heavy atom. The molecule has 1 heteroatoms. The SMILES string of the molecule is C=C(O)CC(C)CC. The van der Waals surface area contributed by atoms with Crippen molar-refractivity contribution in [2.24, 2.45) is 5.92 Å². The number of hydrogen-bond acceptors (Lipinski definition) is 1. The second kappa shape index (κ2) is 3.53. The third kappa shape index (κ3) is 3.72. The Bertz CT molecular complexity index is 76.5. The molecule has 1 nitrogen and oxygen atoms in total. The van der Waals surface area contributed by atoms with Gasteiger partial charge in [-0.1, -0.05) is 26.8 Å². The lowest BCUT2D eigenvalue weighted by Gasteiger charge is -2.04. The molecule has 0 spiro atoms. The van der Waals surface area contributed by atoms with Crippen LogP contribution in [0.3, 0.4) is 0 Å². The van der Waals surface area contributed by atoms with Crippen molar-refractivity contribution in [3.8, 4) is 0 Å². The molecule has 48 valence electrons. The van der Waals surface area contributed by atoms with Gasteiger partial charge in [-0.2, -0.15) is 0 Å². The molecule has 0 radical (unpaired) electrons. The highest BCUT2D eigenvalue weighted by atomic mass is 16.3. The van der Waals surface area contributed by atoms with Crippen molar-refractivity contribution in [2.45, 2.75) is 26.7 Å². The van der Waals surface area contributed by atoms with E-state index in [1.807, 2.05) is 0 Å². The van der Waals surface area contributed by atoms with Gasteiger partial charge in [0.25, 0.3) is 0 Å². The monoisotopic (exact) mass is 114 g/mol. The Labute approximate surface area is 51.0 Å². The van der Waals surface area contributed by atoms with Crippen LogP contribution in [0.5, 0.6) is 0 Å². The van der Waals surface area contributed by atoms with Crippen LogP contribution in [-0.4, -0.2) is 5.11 Å². The van der Waals surface area contributed by atoms with E-state index in [-0.39, 0.29) is 0 Å². The number of rotatable bonds is 3. The van der Waals surface area contributed by atoms with Crippen LogP contribution in [-0.2, 0) is 0 Å². The zero-order valence-electron chi connectivity index (χ0n) is 5.65. The third-order valence-corrected chi connectivity index (χ3v) is 1.28. The molecule has 0 aliphatic heterocycles. The quantitative estimate of drug-likeness (QED) is 0.559. The van der Waals surface area contributed by atoms with E-state index in [0.717, 1.165) is 12.8 Å². The van der Waals surface area contributed by atoms with Crippen LogP contribution in [0.25, 0.3) is 0 Å². The highest BCUT2D eigenvalue weighted by Crippen LogP contribution is 2.09. The van der Waals surface area contributed by atoms with Crippen LogP contribution in [0.15, 0.2) is 12.3 Å². The highest BCUT2D eigenvalue weighted by molar-refractivity contribution is 4.80. The summed E-state index contributed by atoms with van der Waals surface area (Å²) in [6.07, 6.45) is 1.86. The minimum atomic E-state index is 0.305. The van der Waals surface area contributed by atoms with Crippen molar-refractivity contribution in [1.82, 2.24) is 0 Å². The van der Waals surface area contributed by atoms with E-state index >= 15 is 0 Å². The number of aliphatic hydroxyl groups excluding tert-OH is 1. The summed E-state index contributed by atoms with van der Waals surface area (Å²) in [4.78, 5) is 0. The maximum atomic E-state index is 8.66. The molecule has 1 unspecified atom stereocenters. The van der Waals surface area contributed by atoms with Gasteiger partial charge in [-0.3, -0.25) is 0 Å². The van der Waals surface area contributed by atoms with Gasteiger partial charge in [0.1, 0.15) is 0 Å². The van der Waals surface area contributed by atoms with Gasteiger partial charge >= 0.3 is 0 Å². The number of allylic oxidation sites excluding steroid dienone is 1. The van der Waals surface area contributed by atoms with Crippen molar-refractivity contribution in [1.29, 1.82) is 0 Å². The summed E-state index contributed by atoms with van der Waals surface area (Å²) >= 11 is 0. The average Bonchev–Trinajstić information content (AvgIpc) is 1.65. The maximum Gasteiger partial charge on any atom is 0.0853 e. The molecule has 1 N–H and O–H groups in total. The topological polar surface area (TPSA) is 20.2 Å². The molecule has 0 saturated heterocycles. The van der Waals surface area contributed by atoms with E-state index in [1.54, 1.807) is 0 Å². The van der Waals surface area contributed by atoms with Crippen LogP contribution < -0.4 is 0 Å². The minimum absolute atomic E-state index is 0.305. The predicted molar refractivity (Wildman–Crippen MR) is 35.8 cm³/mol. The summed E-state index contributed by atoms with van der Waals surface area (Å²) < 4.78 is 0. The molecule has 8 heavy (non-hydrogen) atoms. The lowest BCUT2D eigenvalue weighted by atomic mass is 10.1. The molecular formula is C7H14O. The van der Waals surface area contributed by atoms with E-state index in [0.29, 0.717) is 11.7 Å². The van der Waals surface area contributed by atoms with Crippen LogP contribution in [0, 0.1) is 5.92 Å². The molecule has 0 aliphatic carbocycles. The molecule has 0 heterocycles. The molecule has 1 atom stereocenters. The summed E-state index contributed by atoms with van der Waals surface area (Å²) in [5.74, 6) is 0.881. The van der Waals surface area contributed by atoms with Crippen LogP contribution in [0.2, 0.25) is 0 Å². The van der Waals surface area contributed by atoms with E-state index in [9.17, 15) is 0 Å². The fourth-order valence-corrected chi connectivity index (χ4v) is 0.547. The lowest BCUT2D eigenvalue weighted by molar-refractivity contribution is 0.357. The molecule has 0 rings (SSSR count). The first-order chi connectivity index (χ1) is 3.66. The molecular weight excluding hydrogens is 100 g/mol. The van der Waals surface area contributed by atoms with Crippen LogP contribution in [0.1, 0.15) is 26.7 Å². The highest BCUT2D eigenvalue weighted by Gasteiger charge is 1.97. The van der Waals surface area contributed by atoms with E-state index in [2.05, 4.69) is 20.4 Å². The first-order valence-electron chi connectivity index (χ1n) is 3.03. The molecule has 0 bridgehead atoms. The van der Waals surface area contributed by atoms with Gasteiger partial charge in [0, 0.05) is 6.42 Å². The first kappa shape index (κ1) is 7.54. The van der Waals surface area contributed by atoms with Crippen LogP contribution in [0.4, 0.5) is 0 Å². The Kier molecular flexibility index (Phi) is 3.33. The van der Waals surface area contributed by atoms with E-state index in [1.165, 1.54) is 0 Å². The second-order valence-electron chi connectivity index (χ2n) is 2.28. The fourth-order valence-electron chi connectivity index (χ4n) is 0.547. The molecule has 0 fully saturated rings. The predicted octanol–water partition coefficient (Wildman–Crippen LogP) is 2.49. The zero-order valence-corrected chi connectivity index (χ0v) is 5.65. The standard InChI is InChI=1S/C7H14O/c1-4-6(2)5-7(3)8/h6,8H,3-5H2,1-2H3. The maximum absolute atomic E-state index is 8.66. The Morgan fingerprint density at radius 2 is 2.25 bits per heavy atom. The molecule has 0 aromatic carbocycles. The number of aliphatic hydroxyl groups is 1. The van der Waals surface area contributed by atoms with Gasteiger partial charge < -0.3 is 5.11 Å². The Morgan fingerprint density at radius 1 is 1.75 bits per heavy atom. The third-order valence-electron chi connectivity index (χ3n) is 1.28. The van der Waals surface area contributed by atoms with Crippen molar-refractivity contribution in [3.05, 3.63) is 12.3 Å². The summed E-state index contributed by atoms with van der Waals surface area (Å²) in [5.41, 5.74) is 0. The molecule has 0 aliphatic rings. The summed E-state index contributed by atoms with van der Waals surface area (Å²) in [5, 5.41) is 8.66. The number of hydrogen-bond donors (Lipinski definition) is 1. The summed E-state index contributed by atoms with van der Waals surface area (Å²) in [6.45, 7) is 7.60. The van der Waals surface area contributed by atoms with Crippen molar-refractivity contribution >= 4 is 0 Å². The zero-order chi connectivity index (χ0) is 6.57. The minimum Gasteiger partial charge on any atom is -0.513 e. The lowest BCUT2D eigenvalue weighted by Crippen LogP contribution is -1.92.